The molecule has 0 aliphatic rings. The molecule has 0 aliphatic heterocycles. The van der Waals surface area contributed by atoms with Crippen molar-refractivity contribution in [2.75, 3.05) is 13.6 Å². The lowest BCUT2D eigenvalue weighted by molar-refractivity contribution is 0.0696. The summed E-state index contributed by atoms with van der Waals surface area (Å²) in [7, 11) is 1.82. The Morgan fingerprint density at radius 2 is 1.69 bits per heavy atom. The molecule has 2 aromatic carbocycles. The fourth-order valence-corrected chi connectivity index (χ4v) is 4.01. The molecular formula is C27H33N3O2. The molecule has 0 saturated heterocycles. The number of rotatable bonds is 8. The highest BCUT2D eigenvalue weighted by Crippen LogP contribution is 2.28. The van der Waals surface area contributed by atoms with Crippen molar-refractivity contribution in [1.82, 2.24) is 14.9 Å². The fourth-order valence-electron chi connectivity index (χ4n) is 4.01. The van der Waals surface area contributed by atoms with E-state index in [-0.39, 0.29) is 12.0 Å². The molecule has 1 unspecified atom stereocenters. The highest BCUT2D eigenvalue weighted by Gasteiger charge is 2.20. The number of aryl methyl sites for hydroxylation is 4. The Labute approximate surface area is 191 Å². The Balaban J connectivity index is 1.81. The minimum absolute atomic E-state index is 0.00602. The number of amides is 1. The first kappa shape index (κ1) is 23.5. The Kier molecular flexibility index (Phi) is 7.62. The Hall–Kier alpha value is -3.21. The molecule has 1 atom stereocenters. The molecule has 1 aromatic heterocycles. The standard InChI is InChI=1S/C27H33N3O2/c1-7-10-23(17-30(6)27(31)22-14-8-11-18(2)15-22)32-25-16-24(28-21(5)29-25)26-19(3)12-9-13-20(26)4/h8-9,11-16,23H,7,10,17H2,1-6H3. The van der Waals surface area contributed by atoms with Crippen molar-refractivity contribution in [3.8, 4) is 17.1 Å². The van der Waals surface area contributed by atoms with E-state index in [1.165, 1.54) is 11.1 Å². The number of carbonyl (C=O) groups is 1. The number of nitrogens with zero attached hydrogens (tertiary/aromatic N) is 3. The van der Waals surface area contributed by atoms with Gasteiger partial charge in [0.1, 0.15) is 11.9 Å². The van der Waals surface area contributed by atoms with Gasteiger partial charge in [-0.05, 0) is 57.4 Å². The van der Waals surface area contributed by atoms with Gasteiger partial charge in [0.25, 0.3) is 5.91 Å². The van der Waals surface area contributed by atoms with Crippen LogP contribution in [0.2, 0.25) is 0 Å². The molecule has 0 fully saturated rings. The predicted molar refractivity (Wildman–Crippen MR) is 129 cm³/mol. The molecule has 0 radical (unpaired) electrons. The third-order valence-corrected chi connectivity index (χ3v) is 5.54. The second-order valence-corrected chi connectivity index (χ2v) is 8.49. The molecule has 0 N–H and O–H groups in total. The Morgan fingerprint density at radius 3 is 2.34 bits per heavy atom. The van der Waals surface area contributed by atoms with Crippen LogP contribution in [0, 0.1) is 27.7 Å². The molecule has 0 spiro atoms. The maximum absolute atomic E-state index is 12.9. The summed E-state index contributed by atoms with van der Waals surface area (Å²) in [6, 6.07) is 15.8. The first-order chi connectivity index (χ1) is 15.3. The number of aromatic nitrogens is 2. The van der Waals surface area contributed by atoms with Crippen LogP contribution in [0.3, 0.4) is 0 Å². The van der Waals surface area contributed by atoms with Crippen LogP contribution in [0.1, 0.15) is 52.6 Å². The first-order valence-corrected chi connectivity index (χ1v) is 11.2. The van der Waals surface area contributed by atoms with Crippen molar-refractivity contribution >= 4 is 5.91 Å². The minimum atomic E-state index is -0.154. The van der Waals surface area contributed by atoms with Gasteiger partial charge in [0.15, 0.2) is 0 Å². The van der Waals surface area contributed by atoms with E-state index < -0.39 is 0 Å². The summed E-state index contributed by atoms with van der Waals surface area (Å²) in [5, 5.41) is 0. The summed E-state index contributed by atoms with van der Waals surface area (Å²) in [6.45, 7) is 10.7. The summed E-state index contributed by atoms with van der Waals surface area (Å²) in [4.78, 5) is 23.8. The molecule has 0 bridgehead atoms. The molecule has 1 heterocycles. The molecule has 5 heteroatoms. The quantitative estimate of drug-likeness (QED) is 0.459. The molecule has 32 heavy (non-hydrogen) atoms. The van der Waals surface area contributed by atoms with E-state index in [4.69, 9.17) is 4.74 Å². The highest BCUT2D eigenvalue weighted by molar-refractivity contribution is 5.94. The van der Waals surface area contributed by atoms with Gasteiger partial charge in [-0.15, -0.1) is 0 Å². The average molecular weight is 432 g/mol. The summed E-state index contributed by atoms with van der Waals surface area (Å²) in [5.74, 6) is 1.21. The van der Waals surface area contributed by atoms with E-state index in [0.717, 1.165) is 29.7 Å². The van der Waals surface area contributed by atoms with Gasteiger partial charge >= 0.3 is 0 Å². The van der Waals surface area contributed by atoms with Gasteiger partial charge in [-0.25, -0.2) is 4.98 Å². The molecule has 1 amide bonds. The number of carbonyl (C=O) groups excluding carboxylic acids is 1. The van der Waals surface area contributed by atoms with Crippen molar-refractivity contribution in [2.45, 2.75) is 53.6 Å². The number of benzene rings is 2. The third kappa shape index (κ3) is 5.72. The molecule has 0 saturated carbocycles. The van der Waals surface area contributed by atoms with Gasteiger partial charge in [-0.3, -0.25) is 4.79 Å². The van der Waals surface area contributed by atoms with E-state index in [1.807, 2.05) is 51.2 Å². The zero-order valence-corrected chi connectivity index (χ0v) is 20.0. The smallest absolute Gasteiger partial charge is 0.253 e. The lowest BCUT2D eigenvalue weighted by Gasteiger charge is -2.25. The number of hydrogen-bond donors (Lipinski definition) is 0. The largest absolute Gasteiger partial charge is 0.472 e. The second-order valence-electron chi connectivity index (χ2n) is 8.49. The molecule has 0 aliphatic carbocycles. The van der Waals surface area contributed by atoms with Gasteiger partial charge in [0.05, 0.1) is 12.2 Å². The fraction of sp³-hybridized carbons (Fsp3) is 0.370. The molecule has 5 nitrogen and oxygen atoms in total. The monoisotopic (exact) mass is 431 g/mol. The van der Waals surface area contributed by atoms with Crippen LogP contribution in [-0.4, -0.2) is 40.5 Å². The van der Waals surface area contributed by atoms with Crippen LogP contribution in [-0.2, 0) is 0 Å². The molecule has 3 rings (SSSR count). The van der Waals surface area contributed by atoms with Crippen LogP contribution >= 0.6 is 0 Å². The van der Waals surface area contributed by atoms with E-state index in [1.54, 1.807) is 4.90 Å². The lowest BCUT2D eigenvalue weighted by Crippen LogP contribution is -2.37. The van der Waals surface area contributed by atoms with Crippen LogP contribution in [0.25, 0.3) is 11.3 Å². The third-order valence-electron chi connectivity index (χ3n) is 5.54. The van der Waals surface area contributed by atoms with Crippen molar-refractivity contribution in [3.05, 3.63) is 76.6 Å². The summed E-state index contributed by atoms with van der Waals surface area (Å²) >= 11 is 0. The maximum atomic E-state index is 12.9. The number of hydrogen-bond acceptors (Lipinski definition) is 4. The van der Waals surface area contributed by atoms with Gasteiger partial charge in [-0.2, -0.15) is 4.98 Å². The lowest BCUT2D eigenvalue weighted by atomic mass is 10.00. The maximum Gasteiger partial charge on any atom is 0.253 e. The number of ether oxygens (including phenoxy) is 1. The Bertz CT molecular complexity index is 1070. The average Bonchev–Trinajstić information content (AvgIpc) is 2.73. The van der Waals surface area contributed by atoms with Gasteiger partial charge in [0, 0.05) is 24.2 Å². The summed E-state index contributed by atoms with van der Waals surface area (Å²) in [5.41, 5.74) is 6.08. The van der Waals surface area contributed by atoms with Crippen molar-refractivity contribution in [1.29, 1.82) is 0 Å². The van der Waals surface area contributed by atoms with Gasteiger partial charge < -0.3 is 9.64 Å². The first-order valence-electron chi connectivity index (χ1n) is 11.2. The predicted octanol–water partition coefficient (Wildman–Crippen LogP) is 5.70. The van der Waals surface area contributed by atoms with Crippen LogP contribution in [0.15, 0.2) is 48.5 Å². The molecular weight excluding hydrogens is 398 g/mol. The van der Waals surface area contributed by atoms with Crippen LogP contribution in [0.5, 0.6) is 5.88 Å². The summed E-state index contributed by atoms with van der Waals surface area (Å²) in [6.07, 6.45) is 1.62. The van der Waals surface area contributed by atoms with E-state index in [0.29, 0.717) is 23.8 Å². The van der Waals surface area contributed by atoms with Crippen molar-refractivity contribution < 1.29 is 9.53 Å². The van der Waals surface area contributed by atoms with E-state index in [9.17, 15) is 4.79 Å². The van der Waals surface area contributed by atoms with Crippen molar-refractivity contribution in [3.63, 3.8) is 0 Å². The van der Waals surface area contributed by atoms with E-state index >= 15 is 0 Å². The van der Waals surface area contributed by atoms with Crippen LogP contribution in [0.4, 0.5) is 0 Å². The highest BCUT2D eigenvalue weighted by atomic mass is 16.5. The second kappa shape index (κ2) is 10.4. The van der Waals surface area contributed by atoms with Crippen molar-refractivity contribution in [2.24, 2.45) is 0 Å². The zero-order valence-electron chi connectivity index (χ0n) is 20.0. The minimum Gasteiger partial charge on any atom is -0.472 e. The molecule has 3 aromatic rings. The topological polar surface area (TPSA) is 55.3 Å². The zero-order chi connectivity index (χ0) is 23.3. The van der Waals surface area contributed by atoms with Gasteiger partial charge in [0.2, 0.25) is 5.88 Å². The normalized spacial score (nSPS) is 11.8. The SMILES string of the molecule is CCCC(CN(C)C(=O)c1cccc(C)c1)Oc1cc(-c2c(C)cccc2C)nc(C)n1. The van der Waals surface area contributed by atoms with Gasteiger partial charge in [-0.1, -0.05) is 49.2 Å². The summed E-state index contributed by atoms with van der Waals surface area (Å²) < 4.78 is 6.31. The molecule has 168 valence electrons. The number of likely N-dealkylation sites (N-methyl/N-ethyl adjacent to an activating group) is 1. The van der Waals surface area contributed by atoms with Crippen LogP contribution < -0.4 is 4.74 Å². The Morgan fingerprint density at radius 1 is 1.00 bits per heavy atom. The van der Waals surface area contributed by atoms with E-state index in [2.05, 4.69) is 48.9 Å².